The van der Waals surface area contributed by atoms with Gasteiger partial charge in [-0.2, -0.15) is 5.10 Å². The lowest BCUT2D eigenvalue weighted by Crippen LogP contribution is -2.20. The predicted molar refractivity (Wildman–Crippen MR) is 63.2 cm³/mol. The van der Waals surface area contributed by atoms with Crippen molar-refractivity contribution in [2.45, 2.75) is 13.0 Å². The maximum Gasteiger partial charge on any atom is 0.0756 e. The molecule has 0 saturated carbocycles. The lowest BCUT2D eigenvalue weighted by Gasteiger charge is -2.16. The van der Waals surface area contributed by atoms with Gasteiger partial charge >= 0.3 is 0 Å². The Labute approximate surface area is 93.7 Å². The van der Waals surface area contributed by atoms with Gasteiger partial charge in [0.2, 0.25) is 0 Å². The third-order valence-corrected chi connectivity index (χ3v) is 3.51. The molecule has 0 aliphatic rings. The van der Waals surface area contributed by atoms with Crippen molar-refractivity contribution in [1.82, 2.24) is 15.1 Å². The molecule has 0 spiro atoms. The number of nitrogens with one attached hydrogen (secondary N) is 1. The Bertz CT molecular complexity index is 404. The van der Waals surface area contributed by atoms with Crippen LogP contribution in [-0.2, 0) is 7.05 Å². The molecule has 1 atom stereocenters. The molecule has 0 amide bonds. The van der Waals surface area contributed by atoms with Crippen LogP contribution in [-0.4, -0.2) is 16.8 Å². The molecule has 2 heterocycles. The minimum Gasteiger partial charge on any atom is -0.308 e. The normalized spacial score (nSPS) is 13.0. The molecule has 0 saturated heterocycles. The molecule has 1 N–H and O–H groups in total. The lowest BCUT2D eigenvalue weighted by atomic mass is 10.1. The van der Waals surface area contributed by atoms with E-state index in [1.54, 1.807) is 11.3 Å². The molecule has 2 aromatic heterocycles. The predicted octanol–water partition coefficient (Wildman–Crippen LogP) is 2.10. The van der Waals surface area contributed by atoms with Crippen molar-refractivity contribution in [1.29, 1.82) is 0 Å². The first-order valence-electron chi connectivity index (χ1n) is 4.93. The summed E-state index contributed by atoms with van der Waals surface area (Å²) in [7, 11) is 3.95. The topological polar surface area (TPSA) is 29.9 Å². The summed E-state index contributed by atoms with van der Waals surface area (Å²) in [6, 6.07) is 4.47. The van der Waals surface area contributed by atoms with E-state index in [1.165, 1.54) is 16.1 Å². The molecule has 2 rings (SSSR count). The Morgan fingerprint density at radius 3 is 2.73 bits per heavy atom. The van der Waals surface area contributed by atoms with Gasteiger partial charge in [0.15, 0.2) is 0 Å². The average molecular weight is 221 g/mol. The van der Waals surface area contributed by atoms with Crippen molar-refractivity contribution in [2.75, 3.05) is 7.05 Å². The largest absolute Gasteiger partial charge is 0.308 e. The van der Waals surface area contributed by atoms with Crippen LogP contribution in [0.3, 0.4) is 0 Å². The Balaban J connectivity index is 2.41. The highest BCUT2D eigenvalue weighted by Crippen LogP contribution is 2.27. The Morgan fingerprint density at radius 2 is 2.27 bits per heavy atom. The average Bonchev–Trinajstić information content (AvgIpc) is 2.80. The number of rotatable bonds is 3. The summed E-state index contributed by atoms with van der Waals surface area (Å²) in [6.07, 6.45) is 1.83. The molecule has 4 heteroatoms. The maximum absolute atomic E-state index is 4.21. The van der Waals surface area contributed by atoms with Gasteiger partial charge in [-0.3, -0.25) is 4.68 Å². The van der Waals surface area contributed by atoms with Gasteiger partial charge in [-0.05, 0) is 37.0 Å². The molecule has 0 aliphatic carbocycles. The summed E-state index contributed by atoms with van der Waals surface area (Å²) in [6.45, 7) is 2.15. The molecular formula is C11H15N3S. The van der Waals surface area contributed by atoms with Crippen LogP contribution >= 0.6 is 11.3 Å². The maximum atomic E-state index is 4.21. The zero-order chi connectivity index (χ0) is 10.8. The van der Waals surface area contributed by atoms with Crippen LogP contribution < -0.4 is 5.32 Å². The van der Waals surface area contributed by atoms with Gasteiger partial charge in [0, 0.05) is 18.1 Å². The number of nitrogens with zero attached hydrogens (tertiary/aromatic N) is 2. The third kappa shape index (κ3) is 1.82. The van der Waals surface area contributed by atoms with Crippen LogP contribution in [0.1, 0.15) is 22.2 Å². The van der Waals surface area contributed by atoms with E-state index in [1.807, 2.05) is 25.0 Å². The fourth-order valence-electron chi connectivity index (χ4n) is 1.82. The van der Waals surface area contributed by atoms with Crippen LogP contribution in [0.4, 0.5) is 0 Å². The fourth-order valence-corrected chi connectivity index (χ4v) is 2.57. The highest BCUT2D eigenvalue weighted by molar-refractivity contribution is 7.10. The quantitative estimate of drug-likeness (QED) is 0.860. The van der Waals surface area contributed by atoms with E-state index in [9.17, 15) is 0 Å². The molecule has 0 aromatic carbocycles. The fraction of sp³-hybridized carbons (Fsp3) is 0.364. The van der Waals surface area contributed by atoms with Gasteiger partial charge in [0.1, 0.15) is 0 Å². The Kier molecular flexibility index (Phi) is 2.88. The molecule has 80 valence electrons. The van der Waals surface area contributed by atoms with E-state index in [0.717, 1.165) is 0 Å². The molecule has 0 bridgehead atoms. The SMILES string of the molecule is CNC(c1ccsc1C)c1ccnn1C. The second kappa shape index (κ2) is 4.16. The number of aromatic nitrogens is 2. The van der Waals surface area contributed by atoms with E-state index in [2.05, 4.69) is 34.9 Å². The zero-order valence-electron chi connectivity index (χ0n) is 9.19. The van der Waals surface area contributed by atoms with Gasteiger partial charge in [-0.25, -0.2) is 0 Å². The molecular weight excluding hydrogens is 206 g/mol. The number of aryl methyl sites for hydroxylation is 2. The Hall–Kier alpha value is -1.13. The number of hydrogen-bond donors (Lipinski definition) is 1. The zero-order valence-corrected chi connectivity index (χ0v) is 10.0. The lowest BCUT2D eigenvalue weighted by molar-refractivity contribution is 0.605. The summed E-state index contributed by atoms with van der Waals surface area (Å²) in [5.74, 6) is 0. The van der Waals surface area contributed by atoms with Crippen molar-refractivity contribution in [3.8, 4) is 0 Å². The summed E-state index contributed by atoms with van der Waals surface area (Å²) in [4.78, 5) is 1.36. The summed E-state index contributed by atoms with van der Waals surface area (Å²) >= 11 is 1.78. The molecule has 0 radical (unpaired) electrons. The second-order valence-corrected chi connectivity index (χ2v) is 4.65. The minimum atomic E-state index is 0.240. The van der Waals surface area contributed by atoms with Crippen molar-refractivity contribution in [3.63, 3.8) is 0 Å². The van der Waals surface area contributed by atoms with E-state index >= 15 is 0 Å². The number of thiophene rings is 1. The van der Waals surface area contributed by atoms with Gasteiger partial charge in [-0.15, -0.1) is 11.3 Å². The van der Waals surface area contributed by atoms with Crippen LogP contribution in [0.15, 0.2) is 23.7 Å². The van der Waals surface area contributed by atoms with Crippen molar-refractivity contribution >= 4 is 11.3 Å². The van der Waals surface area contributed by atoms with Gasteiger partial charge < -0.3 is 5.32 Å². The third-order valence-electron chi connectivity index (χ3n) is 2.65. The highest BCUT2D eigenvalue weighted by atomic mass is 32.1. The molecule has 15 heavy (non-hydrogen) atoms. The molecule has 1 unspecified atom stereocenters. The first-order chi connectivity index (χ1) is 7.24. The first kappa shape index (κ1) is 10.4. The standard InChI is InChI=1S/C11H15N3S/c1-8-9(5-7-15-8)11(12-2)10-4-6-13-14(10)3/h4-7,11-12H,1-3H3. The van der Waals surface area contributed by atoms with E-state index in [-0.39, 0.29) is 6.04 Å². The summed E-state index contributed by atoms with van der Waals surface area (Å²) < 4.78 is 1.91. The summed E-state index contributed by atoms with van der Waals surface area (Å²) in [5, 5.41) is 9.67. The van der Waals surface area contributed by atoms with Crippen LogP contribution in [0.5, 0.6) is 0 Å². The van der Waals surface area contributed by atoms with E-state index < -0.39 is 0 Å². The molecule has 2 aromatic rings. The van der Waals surface area contributed by atoms with Gasteiger partial charge in [-0.1, -0.05) is 0 Å². The van der Waals surface area contributed by atoms with Crippen LogP contribution in [0, 0.1) is 6.92 Å². The molecule has 3 nitrogen and oxygen atoms in total. The first-order valence-corrected chi connectivity index (χ1v) is 5.81. The minimum absolute atomic E-state index is 0.240. The van der Waals surface area contributed by atoms with E-state index in [4.69, 9.17) is 0 Å². The van der Waals surface area contributed by atoms with Crippen molar-refractivity contribution in [3.05, 3.63) is 39.8 Å². The van der Waals surface area contributed by atoms with Crippen molar-refractivity contribution in [2.24, 2.45) is 7.05 Å². The smallest absolute Gasteiger partial charge is 0.0756 e. The number of hydrogen-bond acceptors (Lipinski definition) is 3. The Morgan fingerprint density at radius 1 is 1.47 bits per heavy atom. The summed E-state index contributed by atoms with van der Waals surface area (Å²) in [5.41, 5.74) is 2.53. The van der Waals surface area contributed by atoms with Gasteiger partial charge in [0.05, 0.1) is 11.7 Å². The van der Waals surface area contributed by atoms with Gasteiger partial charge in [0.25, 0.3) is 0 Å². The second-order valence-electron chi connectivity index (χ2n) is 3.53. The monoisotopic (exact) mass is 221 g/mol. The molecule has 0 fully saturated rings. The highest BCUT2D eigenvalue weighted by Gasteiger charge is 2.17. The van der Waals surface area contributed by atoms with E-state index in [0.29, 0.717) is 0 Å². The van der Waals surface area contributed by atoms with Crippen molar-refractivity contribution < 1.29 is 0 Å². The van der Waals surface area contributed by atoms with Crippen LogP contribution in [0.2, 0.25) is 0 Å². The van der Waals surface area contributed by atoms with Crippen LogP contribution in [0.25, 0.3) is 0 Å². The molecule has 0 aliphatic heterocycles.